The van der Waals surface area contributed by atoms with Gasteiger partial charge in [-0.1, -0.05) is 18.2 Å². The number of methoxy groups -OCH3 is 1. The van der Waals surface area contributed by atoms with E-state index in [0.717, 1.165) is 15.7 Å². The minimum Gasteiger partial charge on any atom is -0.497 e. The van der Waals surface area contributed by atoms with Gasteiger partial charge in [0.05, 0.1) is 18.1 Å². The number of rotatable bonds is 7. The molecule has 9 nitrogen and oxygen atoms in total. The highest BCUT2D eigenvalue weighted by Gasteiger charge is 2.25. The van der Waals surface area contributed by atoms with Gasteiger partial charge in [0.25, 0.3) is 0 Å². The smallest absolute Gasteiger partial charge is 0.376 e. The normalized spacial score (nSPS) is 12.1. The first-order valence-corrected chi connectivity index (χ1v) is 8.62. The Bertz CT molecular complexity index is 1060. The van der Waals surface area contributed by atoms with Crippen LogP contribution in [0.5, 0.6) is 5.75 Å². The van der Waals surface area contributed by atoms with Crippen LogP contribution in [0.15, 0.2) is 53.5 Å². The molecule has 9 heteroatoms. The van der Waals surface area contributed by atoms with Gasteiger partial charge in [-0.15, -0.1) is 0 Å². The summed E-state index contributed by atoms with van der Waals surface area (Å²) in [6, 6.07) is 12.4. The van der Waals surface area contributed by atoms with Crippen molar-refractivity contribution in [2.45, 2.75) is 6.04 Å². The van der Waals surface area contributed by atoms with E-state index in [1.54, 1.807) is 25.3 Å². The number of likely N-dealkylation sites (N-methyl/N-ethyl adjacent to an activating group) is 1. The molecule has 0 amide bonds. The summed E-state index contributed by atoms with van der Waals surface area (Å²) >= 11 is 0. The number of nitrogens with one attached hydrogen (secondary N) is 1. The van der Waals surface area contributed by atoms with Crippen molar-refractivity contribution in [2.75, 3.05) is 33.1 Å². The van der Waals surface area contributed by atoms with E-state index >= 15 is 0 Å². The first-order chi connectivity index (χ1) is 13.4. The summed E-state index contributed by atoms with van der Waals surface area (Å²) in [6.07, 6.45) is 1.46. The van der Waals surface area contributed by atoms with Crippen molar-refractivity contribution in [1.29, 1.82) is 0 Å². The molecule has 2 aromatic heterocycles. The van der Waals surface area contributed by atoms with Crippen molar-refractivity contribution in [2.24, 2.45) is 0 Å². The SMILES string of the molecule is COc1cccc(C(CNc2nc3ccccn3c(=O)c2[N+](=O)[O-])N(C)C)c1. The quantitative estimate of drug-likeness (QED) is 0.493. The molecule has 0 saturated carbocycles. The Morgan fingerprint density at radius 2 is 2.07 bits per heavy atom. The molecule has 0 fully saturated rings. The second-order valence-corrected chi connectivity index (χ2v) is 6.44. The summed E-state index contributed by atoms with van der Waals surface area (Å²) in [6.45, 7) is 0.316. The number of pyridine rings is 1. The minimum atomic E-state index is -0.721. The van der Waals surface area contributed by atoms with Crippen molar-refractivity contribution in [3.05, 3.63) is 74.7 Å². The molecule has 1 atom stereocenters. The van der Waals surface area contributed by atoms with Crippen molar-refractivity contribution in [1.82, 2.24) is 14.3 Å². The molecule has 0 bridgehead atoms. The third-order valence-electron chi connectivity index (χ3n) is 4.46. The van der Waals surface area contributed by atoms with Gasteiger partial charge in [-0.2, -0.15) is 0 Å². The molecule has 1 N–H and O–H groups in total. The van der Waals surface area contributed by atoms with E-state index in [9.17, 15) is 14.9 Å². The predicted molar refractivity (Wildman–Crippen MR) is 106 cm³/mol. The Morgan fingerprint density at radius 3 is 2.75 bits per heavy atom. The molecule has 0 spiro atoms. The predicted octanol–water partition coefficient (Wildman–Crippen LogP) is 2.33. The van der Waals surface area contributed by atoms with Gasteiger partial charge in [0, 0.05) is 12.7 Å². The van der Waals surface area contributed by atoms with Crippen LogP contribution in [0, 0.1) is 10.1 Å². The van der Waals surface area contributed by atoms with Gasteiger partial charge in [0.15, 0.2) is 0 Å². The zero-order valence-electron chi connectivity index (χ0n) is 15.8. The van der Waals surface area contributed by atoms with Crippen LogP contribution >= 0.6 is 0 Å². The van der Waals surface area contributed by atoms with Crippen LogP contribution in [0.25, 0.3) is 5.65 Å². The monoisotopic (exact) mass is 383 g/mol. The molecule has 146 valence electrons. The molecule has 2 heterocycles. The highest BCUT2D eigenvalue weighted by molar-refractivity contribution is 5.60. The van der Waals surface area contributed by atoms with Crippen LogP contribution in [-0.2, 0) is 0 Å². The van der Waals surface area contributed by atoms with Gasteiger partial charge >= 0.3 is 11.2 Å². The number of ether oxygens (including phenoxy) is 1. The first kappa shape index (κ1) is 19.3. The zero-order chi connectivity index (χ0) is 20.3. The molecule has 3 aromatic rings. The van der Waals surface area contributed by atoms with E-state index < -0.39 is 16.2 Å². The summed E-state index contributed by atoms with van der Waals surface area (Å²) in [4.78, 5) is 29.6. The highest BCUT2D eigenvalue weighted by atomic mass is 16.6. The Kier molecular flexibility index (Phi) is 5.55. The van der Waals surface area contributed by atoms with E-state index in [2.05, 4.69) is 10.3 Å². The maximum Gasteiger partial charge on any atom is 0.376 e. The number of hydrogen-bond donors (Lipinski definition) is 1. The number of nitrogens with zero attached hydrogens (tertiary/aromatic N) is 4. The minimum absolute atomic E-state index is 0.0454. The fourth-order valence-corrected chi connectivity index (χ4v) is 3.01. The third kappa shape index (κ3) is 3.79. The Balaban J connectivity index is 1.97. The van der Waals surface area contributed by atoms with E-state index in [1.807, 2.05) is 43.3 Å². The second kappa shape index (κ2) is 8.05. The lowest BCUT2D eigenvalue weighted by atomic mass is 10.1. The van der Waals surface area contributed by atoms with E-state index in [1.165, 1.54) is 6.20 Å². The van der Waals surface area contributed by atoms with Gasteiger partial charge < -0.3 is 15.0 Å². The first-order valence-electron chi connectivity index (χ1n) is 8.62. The van der Waals surface area contributed by atoms with Gasteiger partial charge in [-0.25, -0.2) is 4.98 Å². The fourth-order valence-electron chi connectivity index (χ4n) is 3.01. The lowest BCUT2D eigenvalue weighted by Crippen LogP contribution is -2.28. The second-order valence-electron chi connectivity index (χ2n) is 6.44. The maximum atomic E-state index is 12.5. The van der Waals surface area contributed by atoms with E-state index in [-0.39, 0.29) is 11.9 Å². The largest absolute Gasteiger partial charge is 0.497 e. The standard InChI is InChI=1S/C19H21N5O4/c1-22(2)15(13-7-6-8-14(11-13)28-3)12-20-18-17(24(26)27)19(25)23-10-5-4-9-16(23)21-18/h4-11,15,20H,12H2,1-3H3. The third-order valence-corrected chi connectivity index (χ3v) is 4.46. The molecule has 3 rings (SSSR count). The summed E-state index contributed by atoms with van der Waals surface area (Å²) < 4.78 is 6.44. The number of nitro groups is 1. The molecular formula is C19H21N5O4. The van der Waals surface area contributed by atoms with Gasteiger partial charge in [0.1, 0.15) is 11.4 Å². The average molecular weight is 383 g/mol. The van der Waals surface area contributed by atoms with Crippen LogP contribution in [0.2, 0.25) is 0 Å². The number of benzene rings is 1. The van der Waals surface area contributed by atoms with Crippen molar-refractivity contribution in [3.8, 4) is 5.75 Å². The molecule has 0 aliphatic heterocycles. The number of anilines is 1. The van der Waals surface area contributed by atoms with Crippen LogP contribution < -0.4 is 15.6 Å². The molecule has 0 radical (unpaired) electrons. The van der Waals surface area contributed by atoms with E-state index in [0.29, 0.717) is 12.2 Å². The molecule has 0 aliphatic rings. The highest BCUT2D eigenvalue weighted by Crippen LogP contribution is 2.25. The lowest BCUT2D eigenvalue weighted by molar-refractivity contribution is -0.385. The Morgan fingerprint density at radius 1 is 1.29 bits per heavy atom. The van der Waals surface area contributed by atoms with Crippen LogP contribution in [0.3, 0.4) is 0 Å². The maximum absolute atomic E-state index is 12.5. The topological polar surface area (TPSA) is 102 Å². The number of fused-ring (bicyclic) bond motifs is 1. The molecule has 0 saturated heterocycles. The van der Waals surface area contributed by atoms with Gasteiger partial charge in [-0.3, -0.25) is 19.3 Å². The molecule has 1 aromatic carbocycles. The zero-order valence-corrected chi connectivity index (χ0v) is 15.8. The molecule has 0 aliphatic carbocycles. The molecule has 1 unspecified atom stereocenters. The fraction of sp³-hybridized carbons (Fsp3) is 0.263. The summed E-state index contributed by atoms with van der Waals surface area (Å²) in [7, 11) is 5.41. The van der Waals surface area contributed by atoms with Crippen molar-refractivity contribution >= 4 is 17.2 Å². The molecule has 28 heavy (non-hydrogen) atoms. The van der Waals surface area contributed by atoms with Crippen molar-refractivity contribution in [3.63, 3.8) is 0 Å². The van der Waals surface area contributed by atoms with Crippen LogP contribution in [-0.4, -0.2) is 47.0 Å². The van der Waals surface area contributed by atoms with E-state index in [4.69, 9.17) is 4.74 Å². The number of hydrogen-bond acceptors (Lipinski definition) is 7. The summed E-state index contributed by atoms with van der Waals surface area (Å²) in [5, 5.41) is 14.5. The van der Waals surface area contributed by atoms with Gasteiger partial charge in [0.2, 0.25) is 5.82 Å². The lowest BCUT2D eigenvalue weighted by Gasteiger charge is -2.25. The van der Waals surface area contributed by atoms with Crippen LogP contribution in [0.4, 0.5) is 11.5 Å². The molecular weight excluding hydrogens is 362 g/mol. The Labute approximate surface area is 161 Å². The Hall–Kier alpha value is -3.46. The number of aromatic nitrogens is 2. The summed E-state index contributed by atoms with van der Waals surface area (Å²) in [5.41, 5.74) is 0.00753. The average Bonchev–Trinajstić information content (AvgIpc) is 2.68. The van der Waals surface area contributed by atoms with Crippen LogP contribution in [0.1, 0.15) is 11.6 Å². The van der Waals surface area contributed by atoms with Gasteiger partial charge in [-0.05, 0) is 43.9 Å². The van der Waals surface area contributed by atoms with Crippen molar-refractivity contribution < 1.29 is 9.66 Å². The summed E-state index contributed by atoms with van der Waals surface area (Å²) in [5.74, 6) is 0.674.